The number of nitrogens with zero attached hydrogens (tertiary/aromatic N) is 2. The normalized spacial score (nSPS) is 10.9. The topological polar surface area (TPSA) is 145 Å². The molecule has 0 saturated heterocycles. The molecule has 0 aliphatic heterocycles. The minimum atomic E-state index is -0.460. The molecule has 2 amide bonds. The molecule has 0 spiro atoms. The van der Waals surface area contributed by atoms with Gasteiger partial charge in [0.25, 0.3) is 5.91 Å². The van der Waals surface area contributed by atoms with Crippen molar-refractivity contribution in [2.24, 2.45) is 5.73 Å². The Hall–Kier alpha value is -4.96. The molecule has 0 aliphatic rings. The first kappa shape index (κ1) is 25.7. The summed E-state index contributed by atoms with van der Waals surface area (Å²) in [5, 5.41) is 6.02. The van der Waals surface area contributed by atoms with Crippen LogP contribution in [0.2, 0.25) is 0 Å². The lowest BCUT2D eigenvalue weighted by molar-refractivity contribution is -0.118. The number of amides is 2. The Morgan fingerprint density at radius 3 is 2.44 bits per heavy atom. The van der Waals surface area contributed by atoms with Crippen LogP contribution in [0, 0.1) is 0 Å². The summed E-state index contributed by atoms with van der Waals surface area (Å²) in [6, 6.07) is 25.6. The molecule has 196 valence electrons. The number of ketones is 1. The maximum absolute atomic E-state index is 13.1. The molecular formula is C29H26N6O3S. The molecule has 0 unspecified atom stereocenters. The van der Waals surface area contributed by atoms with Gasteiger partial charge in [-0.05, 0) is 48.0 Å². The third-order valence-corrected chi connectivity index (χ3v) is 7.26. The van der Waals surface area contributed by atoms with E-state index in [9.17, 15) is 14.4 Å². The number of aromatic nitrogens is 2. The van der Waals surface area contributed by atoms with E-state index in [1.54, 1.807) is 28.8 Å². The molecule has 2 aromatic heterocycles. The molecule has 0 atom stereocenters. The molecule has 0 bridgehead atoms. The summed E-state index contributed by atoms with van der Waals surface area (Å²) in [4.78, 5) is 43.2. The van der Waals surface area contributed by atoms with Gasteiger partial charge in [-0.25, -0.2) is 4.98 Å². The van der Waals surface area contributed by atoms with Crippen LogP contribution in [0.1, 0.15) is 26.5 Å². The molecular weight excluding hydrogens is 512 g/mol. The van der Waals surface area contributed by atoms with Crippen molar-refractivity contribution >= 4 is 57.3 Å². The smallest absolute Gasteiger partial charge is 0.268 e. The number of nitrogen functional groups attached to an aromatic ring is 1. The number of anilines is 3. The third-order valence-electron chi connectivity index (χ3n) is 6.13. The Bertz CT molecular complexity index is 1660. The first-order valence-electron chi connectivity index (χ1n) is 12.3. The first-order valence-corrected chi connectivity index (χ1v) is 13.1. The number of benzene rings is 3. The van der Waals surface area contributed by atoms with Crippen molar-refractivity contribution in [2.75, 3.05) is 22.9 Å². The van der Waals surface area contributed by atoms with E-state index in [0.717, 1.165) is 16.0 Å². The van der Waals surface area contributed by atoms with Crippen LogP contribution in [0.3, 0.4) is 0 Å². The highest BCUT2D eigenvalue weighted by Crippen LogP contribution is 2.30. The Morgan fingerprint density at radius 2 is 1.69 bits per heavy atom. The highest BCUT2D eigenvalue weighted by atomic mass is 32.1. The Balaban J connectivity index is 1.36. The summed E-state index contributed by atoms with van der Waals surface area (Å²) in [6.45, 7) is 0.373. The number of carbonyl (C=O) groups is 3. The minimum absolute atomic E-state index is 0.0371. The standard InChI is InChI=1S/C29H26N6O3S/c30-20-8-6-19(7-9-20)25-12-13-26(39-25)28(38)34-29-33-22-16-21(10-11-23(22)35(29)15-14-27(31)37)32-17-24(36)18-4-2-1-3-5-18/h1-13,16,32H,14-15,17,30H2,(H2,31,37)(H,33,34,38). The minimum Gasteiger partial charge on any atom is -0.399 e. The second-order valence-electron chi connectivity index (χ2n) is 8.89. The molecule has 39 heavy (non-hydrogen) atoms. The van der Waals surface area contributed by atoms with E-state index in [-0.39, 0.29) is 31.2 Å². The van der Waals surface area contributed by atoms with Crippen molar-refractivity contribution < 1.29 is 14.4 Å². The Labute approximate surface area is 228 Å². The fourth-order valence-electron chi connectivity index (χ4n) is 4.12. The predicted molar refractivity (Wildman–Crippen MR) is 155 cm³/mol. The highest BCUT2D eigenvalue weighted by molar-refractivity contribution is 7.17. The van der Waals surface area contributed by atoms with E-state index in [1.165, 1.54) is 11.3 Å². The fraction of sp³-hybridized carbons (Fsp3) is 0.103. The summed E-state index contributed by atoms with van der Waals surface area (Å²) in [6.07, 6.45) is 0.0835. The molecule has 3 aromatic carbocycles. The molecule has 10 heteroatoms. The lowest BCUT2D eigenvalue weighted by Gasteiger charge is -2.09. The number of carbonyl (C=O) groups excluding carboxylic acids is 3. The Kier molecular flexibility index (Phi) is 7.37. The number of nitrogens with two attached hydrogens (primary N) is 2. The molecule has 0 saturated carbocycles. The van der Waals surface area contributed by atoms with Crippen LogP contribution < -0.4 is 22.1 Å². The monoisotopic (exact) mass is 538 g/mol. The lowest BCUT2D eigenvalue weighted by atomic mass is 10.1. The quantitative estimate of drug-likeness (QED) is 0.149. The summed E-state index contributed by atoms with van der Waals surface area (Å²) >= 11 is 1.35. The van der Waals surface area contributed by atoms with Crippen molar-refractivity contribution in [3.63, 3.8) is 0 Å². The average Bonchev–Trinajstić information content (AvgIpc) is 3.56. The average molecular weight is 539 g/mol. The van der Waals surface area contributed by atoms with Gasteiger partial charge in [-0.15, -0.1) is 11.3 Å². The number of hydrogen-bond donors (Lipinski definition) is 4. The zero-order chi connectivity index (χ0) is 27.4. The van der Waals surface area contributed by atoms with Crippen molar-refractivity contribution in [1.82, 2.24) is 9.55 Å². The molecule has 0 aliphatic carbocycles. The number of primary amides is 1. The van der Waals surface area contributed by atoms with E-state index < -0.39 is 5.91 Å². The number of hydrogen-bond acceptors (Lipinski definition) is 7. The van der Waals surface area contributed by atoms with Crippen molar-refractivity contribution in [3.8, 4) is 10.4 Å². The van der Waals surface area contributed by atoms with E-state index in [1.807, 2.05) is 60.7 Å². The maximum Gasteiger partial charge on any atom is 0.268 e. The predicted octanol–water partition coefficient (Wildman–Crippen LogP) is 4.77. The zero-order valence-corrected chi connectivity index (χ0v) is 21.7. The van der Waals surface area contributed by atoms with Gasteiger partial charge in [0.05, 0.1) is 22.5 Å². The van der Waals surface area contributed by atoms with Crippen molar-refractivity contribution in [2.45, 2.75) is 13.0 Å². The van der Waals surface area contributed by atoms with E-state index in [2.05, 4.69) is 15.6 Å². The van der Waals surface area contributed by atoms with Gasteiger partial charge < -0.3 is 21.4 Å². The van der Waals surface area contributed by atoms with Crippen molar-refractivity contribution in [1.29, 1.82) is 0 Å². The van der Waals surface area contributed by atoms with E-state index in [0.29, 0.717) is 33.3 Å². The van der Waals surface area contributed by atoms with Gasteiger partial charge in [0.2, 0.25) is 11.9 Å². The molecule has 9 nitrogen and oxygen atoms in total. The SMILES string of the molecule is NC(=O)CCn1c(NC(=O)c2ccc(-c3ccc(N)cc3)s2)nc2cc(NCC(=O)c3ccccc3)ccc21. The van der Waals surface area contributed by atoms with Gasteiger partial charge in [-0.1, -0.05) is 42.5 Å². The van der Waals surface area contributed by atoms with Gasteiger partial charge in [0, 0.05) is 34.8 Å². The molecule has 0 fully saturated rings. The third kappa shape index (κ3) is 5.97. The van der Waals surface area contributed by atoms with Gasteiger partial charge in [-0.3, -0.25) is 19.7 Å². The summed E-state index contributed by atoms with van der Waals surface area (Å²) in [7, 11) is 0. The number of aryl methyl sites for hydroxylation is 1. The van der Waals surface area contributed by atoms with E-state index >= 15 is 0 Å². The van der Waals surface area contributed by atoms with Crippen LogP contribution in [0.4, 0.5) is 17.3 Å². The second kappa shape index (κ2) is 11.2. The largest absolute Gasteiger partial charge is 0.399 e. The van der Waals surface area contributed by atoms with Crippen LogP contribution >= 0.6 is 11.3 Å². The van der Waals surface area contributed by atoms with Gasteiger partial charge in [-0.2, -0.15) is 0 Å². The van der Waals surface area contributed by atoms with Gasteiger partial charge in [0.1, 0.15) is 0 Å². The molecule has 5 aromatic rings. The molecule has 5 rings (SSSR count). The number of rotatable bonds is 10. The number of thiophene rings is 1. The van der Waals surface area contributed by atoms with Crippen LogP contribution in [0.5, 0.6) is 0 Å². The second-order valence-corrected chi connectivity index (χ2v) is 9.97. The van der Waals surface area contributed by atoms with Crippen molar-refractivity contribution in [3.05, 3.63) is 95.4 Å². The highest BCUT2D eigenvalue weighted by Gasteiger charge is 2.17. The fourth-order valence-corrected chi connectivity index (χ4v) is 5.02. The number of Topliss-reactive ketones (excluding diaryl/α,β-unsaturated/α-hetero) is 1. The van der Waals surface area contributed by atoms with Gasteiger partial charge in [0.15, 0.2) is 5.78 Å². The van der Waals surface area contributed by atoms with Crippen LogP contribution in [0.15, 0.2) is 84.9 Å². The lowest BCUT2D eigenvalue weighted by Crippen LogP contribution is -2.18. The zero-order valence-electron chi connectivity index (χ0n) is 20.9. The van der Waals surface area contributed by atoms with E-state index in [4.69, 9.17) is 11.5 Å². The molecule has 6 N–H and O–H groups in total. The molecule has 0 radical (unpaired) electrons. The van der Waals surface area contributed by atoms with Crippen LogP contribution in [-0.2, 0) is 11.3 Å². The summed E-state index contributed by atoms with van der Waals surface area (Å²) in [5.41, 5.74) is 15.5. The number of fused-ring (bicyclic) bond motifs is 1. The van der Waals surface area contributed by atoms with Crippen LogP contribution in [0.25, 0.3) is 21.5 Å². The number of imidazole rings is 1. The maximum atomic E-state index is 13.1. The molecule has 2 heterocycles. The number of nitrogens with one attached hydrogen (secondary N) is 2. The first-order chi connectivity index (χ1) is 18.9. The summed E-state index contributed by atoms with van der Waals surface area (Å²) in [5.74, 6) is -0.511. The van der Waals surface area contributed by atoms with Gasteiger partial charge >= 0.3 is 0 Å². The Morgan fingerprint density at radius 1 is 0.923 bits per heavy atom. The summed E-state index contributed by atoms with van der Waals surface area (Å²) < 4.78 is 1.76. The van der Waals surface area contributed by atoms with Crippen LogP contribution in [-0.4, -0.2) is 33.7 Å².